The number of hydrogen-bond acceptors (Lipinski definition) is 5. The summed E-state index contributed by atoms with van der Waals surface area (Å²) in [7, 11) is 1.83. The van der Waals surface area contributed by atoms with Crippen molar-refractivity contribution >= 4 is 35.0 Å². The third kappa shape index (κ3) is 5.52. The lowest BCUT2D eigenvalue weighted by Gasteiger charge is -2.14. The van der Waals surface area contributed by atoms with Crippen molar-refractivity contribution in [1.82, 2.24) is 14.8 Å². The van der Waals surface area contributed by atoms with E-state index in [2.05, 4.69) is 22.4 Å². The summed E-state index contributed by atoms with van der Waals surface area (Å²) in [6, 6.07) is 12.0. The second-order valence-electron chi connectivity index (χ2n) is 6.62. The predicted octanol–water partition coefficient (Wildman–Crippen LogP) is 5.04. The van der Waals surface area contributed by atoms with Crippen LogP contribution in [-0.4, -0.2) is 26.4 Å². The molecule has 0 saturated carbocycles. The topological polar surface area (TPSA) is 69.0 Å². The van der Waals surface area contributed by atoms with Crippen LogP contribution in [-0.2, 0) is 18.3 Å². The van der Waals surface area contributed by atoms with Crippen LogP contribution in [0, 0.1) is 5.82 Å². The van der Waals surface area contributed by atoms with Crippen LogP contribution in [0.25, 0.3) is 0 Å². The van der Waals surface area contributed by atoms with Gasteiger partial charge in [-0.2, -0.15) is 0 Å². The molecule has 1 heterocycles. The molecule has 0 fully saturated rings. The van der Waals surface area contributed by atoms with E-state index in [0.717, 1.165) is 12.2 Å². The molecule has 0 radical (unpaired) electrons. The Morgan fingerprint density at radius 2 is 2.00 bits per heavy atom. The quantitative estimate of drug-likeness (QED) is 0.489. The lowest BCUT2D eigenvalue weighted by atomic mass is 10.2. The number of nitrogens with one attached hydrogen (secondary N) is 1. The largest absolute Gasteiger partial charge is 0.483 e. The first-order valence-electron chi connectivity index (χ1n) is 9.40. The van der Waals surface area contributed by atoms with E-state index in [4.69, 9.17) is 16.3 Å². The van der Waals surface area contributed by atoms with Crippen molar-refractivity contribution < 1.29 is 13.9 Å². The molecule has 30 heavy (non-hydrogen) atoms. The SMILES string of the molecule is CCc1ccc(O[C@@H](C)c2nnc(SCC(=O)Nc3ccc(F)c(Cl)c3)n2C)cc1. The number of rotatable bonds is 8. The molecule has 0 unspecified atom stereocenters. The molecule has 0 aliphatic rings. The number of amides is 1. The monoisotopic (exact) mass is 448 g/mol. The van der Waals surface area contributed by atoms with Crippen LogP contribution in [0.1, 0.15) is 31.3 Å². The van der Waals surface area contributed by atoms with Crippen LogP contribution < -0.4 is 10.1 Å². The lowest BCUT2D eigenvalue weighted by Crippen LogP contribution is -2.15. The molecular formula is C21H22ClFN4O2S. The zero-order valence-corrected chi connectivity index (χ0v) is 18.4. The second-order valence-corrected chi connectivity index (χ2v) is 7.97. The summed E-state index contributed by atoms with van der Waals surface area (Å²) in [5.41, 5.74) is 1.68. The Bertz CT molecular complexity index is 1030. The minimum atomic E-state index is -0.534. The number of halogens is 2. The number of ether oxygens (including phenoxy) is 1. The van der Waals surface area contributed by atoms with E-state index in [-0.39, 0.29) is 22.8 Å². The van der Waals surface area contributed by atoms with Gasteiger partial charge in [-0.1, -0.05) is 42.4 Å². The molecule has 0 saturated heterocycles. The predicted molar refractivity (Wildman–Crippen MR) is 117 cm³/mol. The van der Waals surface area contributed by atoms with Gasteiger partial charge in [-0.25, -0.2) is 4.39 Å². The Hall–Kier alpha value is -2.58. The Labute approximate surface area is 183 Å². The van der Waals surface area contributed by atoms with E-state index in [1.54, 1.807) is 4.57 Å². The van der Waals surface area contributed by atoms with Crippen molar-refractivity contribution in [2.24, 2.45) is 7.05 Å². The fraction of sp³-hybridized carbons (Fsp3) is 0.286. The molecule has 3 rings (SSSR count). The summed E-state index contributed by atoms with van der Waals surface area (Å²) < 4.78 is 21.0. The molecule has 1 N–H and O–H groups in total. The molecule has 1 atom stereocenters. The Balaban J connectivity index is 1.57. The third-order valence-electron chi connectivity index (χ3n) is 4.41. The van der Waals surface area contributed by atoms with Gasteiger partial charge >= 0.3 is 0 Å². The van der Waals surface area contributed by atoms with E-state index >= 15 is 0 Å². The van der Waals surface area contributed by atoms with Gasteiger partial charge in [0.15, 0.2) is 17.1 Å². The van der Waals surface area contributed by atoms with Crippen molar-refractivity contribution in [1.29, 1.82) is 0 Å². The normalized spacial score (nSPS) is 11.9. The molecule has 1 aromatic heterocycles. The van der Waals surface area contributed by atoms with Gasteiger partial charge in [-0.3, -0.25) is 4.79 Å². The van der Waals surface area contributed by atoms with Crippen LogP contribution in [0.2, 0.25) is 5.02 Å². The number of thioether (sulfide) groups is 1. The number of benzene rings is 2. The molecule has 0 spiro atoms. The number of carbonyl (C=O) groups excluding carboxylic acids is 1. The maximum Gasteiger partial charge on any atom is 0.234 e. The molecule has 3 aromatic rings. The molecule has 0 aliphatic carbocycles. The van der Waals surface area contributed by atoms with Crippen molar-refractivity contribution in [2.45, 2.75) is 31.5 Å². The maximum atomic E-state index is 13.2. The van der Waals surface area contributed by atoms with E-state index < -0.39 is 5.82 Å². The number of nitrogens with zero attached hydrogens (tertiary/aromatic N) is 3. The first-order valence-corrected chi connectivity index (χ1v) is 10.8. The number of anilines is 1. The fourth-order valence-electron chi connectivity index (χ4n) is 2.77. The summed E-state index contributed by atoms with van der Waals surface area (Å²) in [4.78, 5) is 12.2. The van der Waals surface area contributed by atoms with Gasteiger partial charge in [0.25, 0.3) is 0 Å². The average Bonchev–Trinajstić information content (AvgIpc) is 3.10. The van der Waals surface area contributed by atoms with Crippen LogP contribution >= 0.6 is 23.4 Å². The van der Waals surface area contributed by atoms with Gasteiger partial charge in [-0.05, 0) is 49.2 Å². The summed E-state index contributed by atoms with van der Waals surface area (Å²) in [6.07, 6.45) is 0.668. The molecule has 0 bridgehead atoms. The zero-order chi connectivity index (χ0) is 21.7. The minimum Gasteiger partial charge on any atom is -0.483 e. The number of aromatic nitrogens is 3. The van der Waals surface area contributed by atoms with Gasteiger partial charge in [0.2, 0.25) is 5.91 Å². The molecular weight excluding hydrogens is 427 g/mol. The molecule has 6 nitrogen and oxygen atoms in total. The first-order chi connectivity index (χ1) is 14.4. The van der Waals surface area contributed by atoms with Gasteiger partial charge in [0.05, 0.1) is 10.8 Å². The highest BCUT2D eigenvalue weighted by atomic mass is 35.5. The van der Waals surface area contributed by atoms with E-state index in [1.807, 2.05) is 38.2 Å². The summed E-state index contributed by atoms with van der Waals surface area (Å²) in [6.45, 7) is 4.00. The van der Waals surface area contributed by atoms with Crippen molar-refractivity contribution in [3.05, 3.63) is 64.7 Å². The lowest BCUT2D eigenvalue weighted by molar-refractivity contribution is -0.113. The molecule has 2 aromatic carbocycles. The highest BCUT2D eigenvalue weighted by Gasteiger charge is 2.18. The van der Waals surface area contributed by atoms with E-state index in [0.29, 0.717) is 16.7 Å². The van der Waals surface area contributed by atoms with Crippen molar-refractivity contribution in [2.75, 3.05) is 11.1 Å². The van der Waals surface area contributed by atoms with E-state index in [9.17, 15) is 9.18 Å². The van der Waals surface area contributed by atoms with Crippen LogP contribution in [0.15, 0.2) is 47.6 Å². The van der Waals surface area contributed by atoms with Crippen LogP contribution in [0.4, 0.5) is 10.1 Å². The number of carbonyl (C=O) groups is 1. The summed E-state index contributed by atoms with van der Waals surface area (Å²) in [5.74, 6) is 0.743. The van der Waals surface area contributed by atoms with Crippen LogP contribution in [0.5, 0.6) is 5.75 Å². The van der Waals surface area contributed by atoms with Crippen LogP contribution in [0.3, 0.4) is 0 Å². The number of aryl methyl sites for hydroxylation is 1. The Morgan fingerprint density at radius 1 is 1.27 bits per heavy atom. The Morgan fingerprint density at radius 3 is 2.67 bits per heavy atom. The summed E-state index contributed by atoms with van der Waals surface area (Å²) in [5, 5.41) is 11.6. The molecule has 0 aliphatic heterocycles. The Kier molecular flexibility index (Phi) is 7.33. The fourth-order valence-corrected chi connectivity index (χ4v) is 3.67. The summed E-state index contributed by atoms with van der Waals surface area (Å²) >= 11 is 6.98. The highest BCUT2D eigenvalue weighted by Crippen LogP contribution is 2.24. The minimum absolute atomic E-state index is 0.0447. The molecule has 158 valence electrons. The van der Waals surface area contributed by atoms with E-state index in [1.165, 1.54) is 35.5 Å². The van der Waals surface area contributed by atoms with Crippen molar-refractivity contribution in [3.8, 4) is 5.75 Å². The average molecular weight is 449 g/mol. The number of hydrogen-bond donors (Lipinski definition) is 1. The zero-order valence-electron chi connectivity index (χ0n) is 16.9. The second kappa shape index (κ2) is 9.95. The van der Waals surface area contributed by atoms with Crippen molar-refractivity contribution in [3.63, 3.8) is 0 Å². The highest BCUT2D eigenvalue weighted by molar-refractivity contribution is 7.99. The van der Waals surface area contributed by atoms with Gasteiger partial charge in [0.1, 0.15) is 11.6 Å². The standard InChI is InChI=1S/C21H22ClFN4O2S/c1-4-14-5-8-16(9-6-14)29-13(2)20-25-26-21(27(20)3)30-12-19(28)24-15-7-10-18(23)17(22)11-15/h5-11,13H,4,12H2,1-3H3,(H,24,28)/t13-/m0/s1. The smallest absolute Gasteiger partial charge is 0.234 e. The maximum absolute atomic E-state index is 13.2. The third-order valence-corrected chi connectivity index (χ3v) is 5.72. The molecule has 1 amide bonds. The first kappa shape index (κ1) is 22.1. The van der Waals surface area contributed by atoms with Gasteiger partial charge in [0, 0.05) is 12.7 Å². The van der Waals surface area contributed by atoms with Gasteiger partial charge in [-0.15, -0.1) is 10.2 Å². The molecule has 9 heteroatoms. The van der Waals surface area contributed by atoms with Gasteiger partial charge < -0.3 is 14.6 Å².